The molecule has 1 aliphatic heterocycles. The van der Waals surface area contributed by atoms with E-state index in [0.717, 1.165) is 22.0 Å². The maximum atomic E-state index is 6.30. The molecule has 1 saturated heterocycles. The molecule has 0 unspecified atom stereocenters. The molecule has 0 bridgehead atoms. The summed E-state index contributed by atoms with van der Waals surface area (Å²) in [5, 5.41) is 1.49. The number of piperidine rings is 1. The van der Waals surface area contributed by atoms with Gasteiger partial charge in [0.1, 0.15) is 0 Å². The van der Waals surface area contributed by atoms with Crippen LogP contribution in [-0.2, 0) is 5.54 Å². The van der Waals surface area contributed by atoms with E-state index in [9.17, 15) is 0 Å². The van der Waals surface area contributed by atoms with E-state index in [4.69, 9.17) is 23.2 Å². The molecule has 0 radical (unpaired) electrons. The van der Waals surface area contributed by atoms with E-state index in [1.807, 2.05) is 6.07 Å². The van der Waals surface area contributed by atoms with Gasteiger partial charge in [0.15, 0.2) is 0 Å². The molecule has 2 fully saturated rings. The Hall–Kier alpha value is -0.280. The largest absolute Gasteiger partial charge is 0.300 e. The molecule has 0 atom stereocenters. The van der Waals surface area contributed by atoms with Gasteiger partial charge in [0.25, 0.3) is 0 Å². The second kappa shape index (κ2) is 8.17. The number of halogens is 2. The third-order valence-electron chi connectivity index (χ3n) is 6.78. The lowest BCUT2D eigenvalue weighted by molar-refractivity contribution is 0.0354. The maximum Gasteiger partial charge on any atom is 0.0457 e. The monoisotopic (exact) mass is 382 g/mol. The minimum absolute atomic E-state index is 0.0623. The first kappa shape index (κ1) is 19.5. The average Bonchev–Trinajstić information content (AvgIpc) is 2.61. The van der Waals surface area contributed by atoms with Gasteiger partial charge in [-0.15, -0.1) is 0 Å². The fraction of sp³-hybridized carbons (Fsp3) is 0.714. The SMILES string of the molecule is CCC1CCN(C2CCC(c3cc(Cl)cc(Cl)c3)(N(C)C)CC2)CC1. The molecule has 3 rings (SSSR count). The lowest BCUT2D eigenvalue weighted by Crippen LogP contribution is -2.50. The van der Waals surface area contributed by atoms with Crippen LogP contribution in [0.5, 0.6) is 0 Å². The van der Waals surface area contributed by atoms with Crippen molar-refractivity contribution in [3.05, 3.63) is 33.8 Å². The first-order chi connectivity index (χ1) is 11.9. The van der Waals surface area contributed by atoms with E-state index in [-0.39, 0.29) is 5.54 Å². The van der Waals surface area contributed by atoms with Crippen LogP contribution in [-0.4, -0.2) is 43.0 Å². The molecule has 1 heterocycles. The van der Waals surface area contributed by atoms with Gasteiger partial charge in [0.2, 0.25) is 0 Å². The van der Waals surface area contributed by atoms with Gasteiger partial charge in [-0.1, -0.05) is 36.5 Å². The molecule has 0 amide bonds. The topological polar surface area (TPSA) is 6.48 Å². The Bertz CT molecular complexity index is 551. The molecule has 2 nitrogen and oxygen atoms in total. The van der Waals surface area contributed by atoms with Crippen molar-refractivity contribution in [3.8, 4) is 0 Å². The molecule has 1 aromatic carbocycles. The van der Waals surface area contributed by atoms with Crippen molar-refractivity contribution < 1.29 is 0 Å². The summed E-state index contributed by atoms with van der Waals surface area (Å²) in [4.78, 5) is 5.14. The van der Waals surface area contributed by atoms with Crippen molar-refractivity contribution in [2.75, 3.05) is 27.2 Å². The van der Waals surface area contributed by atoms with Crippen molar-refractivity contribution in [3.63, 3.8) is 0 Å². The van der Waals surface area contributed by atoms with E-state index < -0.39 is 0 Å². The summed E-state index contributed by atoms with van der Waals surface area (Å²) in [6.45, 7) is 4.92. The highest BCUT2D eigenvalue weighted by Crippen LogP contribution is 2.44. The third kappa shape index (κ3) is 4.18. The highest BCUT2D eigenvalue weighted by atomic mass is 35.5. The van der Waals surface area contributed by atoms with Crippen molar-refractivity contribution in [1.29, 1.82) is 0 Å². The van der Waals surface area contributed by atoms with E-state index in [2.05, 4.69) is 43.0 Å². The lowest BCUT2D eigenvalue weighted by Gasteiger charge is -2.48. The van der Waals surface area contributed by atoms with Crippen LogP contribution in [0.1, 0.15) is 57.4 Å². The van der Waals surface area contributed by atoms with Crippen LogP contribution in [0.3, 0.4) is 0 Å². The number of benzene rings is 1. The molecular weight excluding hydrogens is 351 g/mol. The Kier molecular flexibility index (Phi) is 6.36. The van der Waals surface area contributed by atoms with Crippen LogP contribution in [0.15, 0.2) is 18.2 Å². The Morgan fingerprint density at radius 3 is 2.04 bits per heavy atom. The number of likely N-dealkylation sites (tertiary alicyclic amines) is 1. The highest BCUT2D eigenvalue weighted by Gasteiger charge is 2.40. The molecule has 1 aromatic rings. The van der Waals surface area contributed by atoms with Gasteiger partial charge < -0.3 is 4.90 Å². The van der Waals surface area contributed by atoms with Gasteiger partial charge in [-0.05, 0) is 95.4 Å². The highest BCUT2D eigenvalue weighted by molar-refractivity contribution is 6.34. The summed E-state index contributed by atoms with van der Waals surface area (Å²) in [7, 11) is 4.39. The first-order valence-corrected chi connectivity index (χ1v) is 10.6. The Balaban J connectivity index is 1.71. The molecule has 0 spiro atoms. The number of hydrogen-bond acceptors (Lipinski definition) is 2. The quantitative estimate of drug-likeness (QED) is 0.647. The average molecular weight is 383 g/mol. The van der Waals surface area contributed by atoms with E-state index in [0.29, 0.717) is 0 Å². The van der Waals surface area contributed by atoms with Gasteiger partial charge in [0.05, 0.1) is 0 Å². The molecule has 1 aliphatic carbocycles. The van der Waals surface area contributed by atoms with Gasteiger partial charge >= 0.3 is 0 Å². The van der Waals surface area contributed by atoms with Gasteiger partial charge in [0, 0.05) is 21.6 Å². The third-order valence-corrected chi connectivity index (χ3v) is 7.22. The molecule has 1 saturated carbocycles. The zero-order valence-corrected chi connectivity index (χ0v) is 17.4. The lowest BCUT2D eigenvalue weighted by atomic mass is 9.73. The molecule has 2 aliphatic rings. The Labute approximate surface area is 163 Å². The van der Waals surface area contributed by atoms with E-state index in [1.165, 1.54) is 63.6 Å². The standard InChI is InChI=1S/C21H32Cl2N2/c1-4-16-7-11-25(12-8-16)20-5-9-21(10-6-20,24(2)3)17-13-18(22)15-19(23)14-17/h13-16,20H,4-12H2,1-3H3. The normalized spacial score (nSPS) is 29.3. The van der Waals surface area contributed by atoms with Crippen molar-refractivity contribution in [2.45, 2.75) is 63.5 Å². The van der Waals surface area contributed by atoms with Crippen LogP contribution < -0.4 is 0 Å². The summed E-state index contributed by atoms with van der Waals surface area (Å²) >= 11 is 12.6. The van der Waals surface area contributed by atoms with Crippen LogP contribution in [0.25, 0.3) is 0 Å². The van der Waals surface area contributed by atoms with Crippen LogP contribution in [0, 0.1) is 5.92 Å². The fourth-order valence-electron chi connectivity index (χ4n) is 4.99. The zero-order chi connectivity index (χ0) is 18.0. The van der Waals surface area contributed by atoms with E-state index >= 15 is 0 Å². The molecule has 25 heavy (non-hydrogen) atoms. The first-order valence-electron chi connectivity index (χ1n) is 9.82. The van der Waals surface area contributed by atoms with Crippen molar-refractivity contribution in [1.82, 2.24) is 9.80 Å². The minimum Gasteiger partial charge on any atom is -0.300 e. The molecule has 0 aromatic heterocycles. The van der Waals surface area contributed by atoms with E-state index in [1.54, 1.807) is 0 Å². The Morgan fingerprint density at radius 2 is 1.56 bits per heavy atom. The smallest absolute Gasteiger partial charge is 0.0457 e. The predicted molar refractivity (Wildman–Crippen MR) is 109 cm³/mol. The Morgan fingerprint density at radius 1 is 1.00 bits per heavy atom. The van der Waals surface area contributed by atoms with Crippen molar-refractivity contribution in [2.24, 2.45) is 5.92 Å². The summed E-state index contributed by atoms with van der Waals surface area (Å²) in [5.74, 6) is 0.953. The molecule has 4 heteroatoms. The summed E-state index contributed by atoms with van der Waals surface area (Å²) in [6.07, 6.45) is 8.99. The second-order valence-electron chi connectivity index (χ2n) is 8.20. The number of nitrogens with zero attached hydrogens (tertiary/aromatic N) is 2. The van der Waals surface area contributed by atoms with Gasteiger partial charge in [-0.25, -0.2) is 0 Å². The summed E-state index contributed by atoms with van der Waals surface area (Å²) in [5.41, 5.74) is 1.34. The summed E-state index contributed by atoms with van der Waals surface area (Å²) in [6, 6.07) is 6.81. The molecular formula is C21H32Cl2N2. The van der Waals surface area contributed by atoms with Crippen LogP contribution >= 0.6 is 23.2 Å². The number of rotatable bonds is 4. The zero-order valence-electron chi connectivity index (χ0n) is 15.9. The van der Waals surface area contributed by atoms with Crippen molar-refractivity contribution >= 4 is 23.2 Å². The predicted octanol–water partition coefficient (Wildman–Crippen LogP) is 5.81. The van der Waals surface area contributed by atoms with Gasteiger partial charge in [-0.2, -0.15) is 0 Å². The van der Waals surface area contributed by atoms with Crippen LogP contribution in [0.2, 0.25) is 10.0 Å². The molecule has 0 N–H and O–H groups in total. The number of hydrogen-bond donors (Lipinski definition) is 0. The van der Waals surface area contributed by atoms with Gasteiger partial charge in [-0.3, -0.25) is 4.90 Å². The summed E-state index contributed by atoms with van der Waals surface area (Å²) < 4.78 is 0. The second-order valence-corrected chi connectivity index (χ2v) is 9.08. The fourth-order valence-corrected chi connectivity index (χ4v) is 5.51. The molecule has 140 valence electrons. The minimum atomic E-state index is 0.0623. The van der Waals surface area contributed by atoms with Crippen LogP contribution in [0.4, 0.5) is 0 Å². The maximum absolute atomic E-state index is 6.30.